The summed E-state index contributed by atoms with van der Waals surface area (Å²) in [6.07, 6.45) is 8.30. The van der Waals surface area contributed by atoms with Crippen molar-refractivity contribution in [3.05, 3.63) is 35.3 Å². The maximum absolute atomic E-state index is 9.99. The van der Waals surface area contributed by atoms with Gasteiger partial charge in [0.25, 0.3) is 0 Å². The van der Waals surface area contributed by atoms with Gasteiger partial charge >= 0.3 is 0 Å². The zero-order valence-electron chi connectivity index (χ0n) is 13.9. The first kappa shape index (κ1) is 14.6. The molecule has 2 aromatic heterocycles. The summed E-state index contributed by atoms with van der Waals surface area (Å²) in [7, 11) is 0. The Morgan fingerprint density at radius 1 is 1.21 bits per heavy atom. The maximum Gasteiger partial charge on any atom is 0.0811 e. The van der Waals surface area contributed by atoms with Crippen LogP contribution in [0.15, 0.2) is 18.3 Å². The van der Waals surface area contributed by atoms with Gasteiger partial charge in [-0.25, -0.2) is 0 Å². The largest absolute Gasteiger partial charge is 0.388 e. The van der Waals surface area contributed by atoms with E-state index in [9.17, 15) is 5.11 Å². The van der Waals surface area contributed by atoms with Gasteiger partial charge in [0.15, 0.2) is 0 Å². The molecule has 0 saturated heterocycles. The molecule has 0 bridgehead atoms. The van der Waals surface area contributed by atoms with Crippen molar-refractivity contribution in [3.8, 4) is 11.3 Å². The topological polar surface area (TPSA) is 77.0 Å². The third-order valence-electron chi connectivity index (χ3n) is 5.94. The van der Waals surface area contributed by atoms with Crippen molar-refractivity contribution in [2.45, 2.75) is 56.6 Å². The first-order valence-electron chi connectivity index (χ1n) is 9.20. The Labute approximate surface area is 141 Å². The molecule has 3 N–H and O–H groups in total. The normalized spacial score (nSPS) is 28.7. The highest BCUT2D eigenvalue weighted by atomic mass is 16.3. The van der Waals surface area contributed by atoms with Crippen molar-refractivity contribution in [2.24, 2.45) is 11.7 Å². The molecule has 5 nitrogen and oxygen atoms in total. The number of hydrogen-bond acceptors (Lipinski definition) is 4. The Balaban J connectivity index is 1.50. The molecule has 0 radical (unpaired) electrons. The summed E-state index contributed by atoms with van der Waals surface area (Å²) in [5.74, 6) is 1.26. The van der Waals surface area contributed by atoms with E-state index < -0.39 is 0 Å². The summed E-state index contributed by atoms with van der Waals surface area (Å²) >= 11 is 0. The lowest BCUT2D eigenvalue weighted by Gasteiger charge is -2.34. The average Bonchev–Trinajstić information content (AvgIpc) is 3.21. The van der Waals surface area contributed by atoms with E-state index in [1.54, 1.807) is 0 Å². The third-order valence-corrected chi connectivity index (χ3v) is 5.94. The summed E-state index contributed by atoms with van der Waals surface area (Å²) in [5, 5.41) is 14.9. The Morgan fingerprint density at radius 2 is 2.04 bits per heavy atom. The lowest BCUT2D eigenvalue weighted by atomic mass is 9.80. The van der Waals surface area contributed by atoms with E-state index in [0.29, 0.717) is 17.9 Å². The van der Waals surface area contributed by atoms with Crippen molar-refractivity contribution in [1.29, 1.82) is 0 Å². The molecule has 2 aromatic rings. The van der Waals surface area contributed by atoms with Crippen LogP contribution in [-0.2, 0) is 6.42 Å². The van der Waals surface area contributed by atoms with Crippen LogP contribution in [0.25, 0.3) is 11.3 Å². The van der Waals surface area contributed by atoms with Crippen molar-refractivity contribution in [1.82, 2.24) is 14.8 Å². The molecule has 0 aromatic carbocycles. The predicted octanol–water partition coefficient (Wildman–Crippen LogP) is 2.71. The minimum atomic E-state index is -0.338. The molecule has 0 amide bonds. The van der Waals surface area contributed by atoms with Crippen molar-refractivity contribution >= 4 is 0 Å². The number of nitrogens with zero attached hydrogens (tertiary/aromatic N) is 3. The fourth-order valence-electron chi connectivity index (χ4n) is 4.15. The van der Waals surface area contributed by atoms with E-state index in [-0.39, 0.29) is 6.10 Å². The van der Waals surface area contributed by atoms with E-state index in [4.69, 9.17) is 15.8 Å². The van der Waals surface area contributed by atoms with Crippen LogP contribution in [0.1, 0.15) is 67.1 Å². The number of aliphatic hydroxyl groups is 1. The second kappa shape index (κ2) is 5.39. The van der Waals surface area contributed by atoms with Gasteiger partial charge in [0.2, 0.25) is 0 Å². The minimum absolute atomic E-state index is 0.338. The number of aromatic nitrogens is 3. The Kier molecular flexibility index (Phi) is 3.28. The summed E-state index contributed by atoms with van der Waals surface area (Å²) < 4.78 is 2.17. The van der Waals surface area contributed by atoms with Crippen LogP contribution in [0.4, 0.5) is 0 Å². The molecule has 2 saturated carbocycles. The molecule has 5 rings (SSSR count). The standard InChI is InChI=1S/C19H24N4O/c20-9-11-7-13(8-11)23-10-15(19(22-23)12-1-2-12)17-4-3-14-16(21-17)5-6-18(14)24/h3-4,10-13,18,24H,1-2,5-9,20H2. The van der Waals surface area contributed by atoms with Crippen LogP contribution < -0.4 is 5.73 Å². The number of aryl methyl sites for hydroxylation is 1. The van der Waals surface area contributed by atoms with E-state index in [1.165, 1.54) is 24.1 Å². The Morgan fingerprint density at radius 3 is 2.79 bits per heavy atom. The first-order chi connectivity index (χ1) is 11.7. The van der Waals surface area contributed by atoms with Gasteiger partial charge in [0.1, 0.15) is 0 Å². The summed E-state index contributed by atoms with van der Waals surface area (Å²) in [5.41, 5.74) is 11.3. The van der Waals surface area contributed by atoms with Crippen LogP contribution in [0, 0.1) is 5.92 Å². The minimum Gasteiger partial charge on any atom is -0.388 e. The van der Waals surface area contributed by atoms with Crippen molar-refractivity contribution < 1.29 is 5.11 Å². The fraction of sp³-hybridized carbons (Fsp3) is 0.579. The fourth-order valence-corrected chi connectivity index (χ4v) is 4.15. The first-order valence-corrected chi connectivity index (χ1v) is 9.20. The van der Waals surface area contributed by atoms with Crippen molar-refractivity contribution in [2.75, 3.05) is 6.54 Å². The second-order valence-corrected chi connectivity index (χ2v) is 7.70. The van der Waals surface area contributed by atoms with Gasteiger partial charge in [0, 0.05) is 28.9 Å². The zero-order chi connectivity index (χ0) is 16.3. The van der Waals surface area contributed by atoms with Crippen LogP contribution in [0.5, 0.6) is 0 Å². The van der Waals surface area contributed by atoms with Gasteiger partial charge in [-0.05, 0) is 57.1 Å². The van der Waals surface area contributed by atoms with Gasteiger partial charge < -0.3 is 10.8 Å². The molecule has 0 aliphatic heterocycles. The van der Waals surface area contributed by atoms with E-state index in [0.717, 1.165) is 49.2 Å². The van der Waals surface area contributed by atoms with Gasteiger partial charge in [-0.3, -0.25) is 9.67 Å². The molecular weight excluding hydrogens is 300 g/mol. The smallest absolute Gasteiger partial charge is 0.0811 e. The van der Waals surface area contributed by atoms with Gasteiger partial charge in [-0.15, -0.1) is 0 Å². The summed E-state index contributed by atoms with van der Waals surface area (Å²) in [4.78, 5) is 4.86. The highest BCUT2D eigenvalue weighted by molar-refractivity contribution is 5.63. The molecule has 3 aliphatic carbocycles. The molecule has 2 heterocycles. The molecule has 24 heavy (non-hydrogen) atoms. The quantitative estimate of drug-likeness (QED) is 0.906. The number of fused-ring (bicyclic) bond motifs is 1. The number of rotatable bonds is 4. The van der Waals surface area contributed by atoms with Crippen LogP contribution >= 0.6 is 0 Å². The number of aliphatic hydroxyl groups excluding tert-OH is 1. The average molecular weight is 324 g/mol. The number of nitrogens with two attached hydrogens (primary N) is 1. The lowest BCUT2D eigenvalue weighted by Crippen LogP contribution is -2.32. The highest BCUT2D eigenvalue weighted by Gasteiger charge is 2.35. The lowest BCUT2D eigenvalue weighted by molar-refractivity contribution is 0.180. The second-order valence-electron chi connectivity index (χ2n) is 7.70. The predicted molar refractivity (Wildman–Crippen MR) is 91.5 cm³/mol. The Hall–Kier alpha value is -1.72. The van der Waals surface area contributed by atoms with E-state index >= 15 is 0 Å². The summed E-state index contributed by atoms with van der Waals surface area (Å²) in [6.45, 7) is 0.787. The maximum atomic E-state index is 9.99. The monoisotopic (exact) mass is 324 g/mol. The van der Waals surface area contributed by atoms with Crippen molar-refractivity contribution in [3.63, 3.8) is 0 Å². The van der Waals surface area contributed by atoms with Crippen LogP contribution in [-0.4, -0.2) is 26.4 Å². The molecule has 3 aliphatic rings. The van der Waals surface area contributed by atoms with Gasteiger partial charge in [-0.1, -0.05) is 6.07 Å². The van der Waals surface area contributed by atoms with E-state index in [1.807, 2.05) is 0 Å². The van der Waals surface area contributed by atoms with Crippen LogP contribution in [0.3, 0.4) is 0 Å². The summed E-state index contributed by atoms with van der Waals surface area (Å²) in [6, 6.07) is 4.61. The van der Waals surface area contributed by atoms with Crippen LogP contribution in [0.2, 0.25) is 0 Å². The van der Waals surface area contributed by atoms with E-state index in [2.05, 4.69) is 23.0 Å². The Bertz CT molecular complexity index is 774. The number of hydrogen-bond donors (Lipinski definition) is 2. The number of pyridine rings is 1. The molecular formula is C19H24N4O. The molecule has 5 heteroatoms. The van der Waals surface area contributed by atoms with Gasteiger partial charge in [0.05, 0.1) is 23.5 Å². The molecule has 1 atom stereocenters. The molecule has 0 spiro atoms. The highest BCUT2D eigenvalue weighted by Crippen LogP contribution is 2.45. The third kappa shape index (κ3) is 2.30. The zero-order valence-corrected chi connectivity index (χ0v) is 13.9. The van der Waals surface area contributed by atoms with Gasteiger partial charge in [-0.2, -0.15) is 5.10 Å². The SMILES string of the molecule is NCC1CC(n2cc(-c3ccc4c(n3)CCC4O)c(C3CC3)n2)C1. The molecule has 2 fully saturated rings. The molecule has 1 unspecified atom stereocenters. The molecule has 126 valence electrons.